The molecule has 1 aromatic heterocycles. The number of nitrogens with one attached hydrogen (secondary N) is 1. The Morgan fingerprint density at radius 2 is 1.97 bits per heavy atom. The molecule has 0 amide bonds. The number of halogens is 2. The topological polar surface area (TPSA) is 81.1 Å². The summed E-state index contributed by atoms with van der Waals surface area (Å²) in [7, 11) is -4.53. The molecule has 5 rings (SSSR count). The summed E-state index contributed by atoms with van der Waals surface area (Å²) < 4.78 is 115. The molecule has 2 aliphatic rings. The standard InChI is InChI=1S/C27H29F2N3O3S/c1-17(2)32-16-30-23-12-11-22(31-36(34,35)27(29)13-14-27)21(24(23)26(32)33)15-19-9-6-10-20(25(19)28)18-7-4-3-5-8-18/h3-10,16-17,21-22,31H,11-15H2,1-2H3/i1D3,2D3,17D. The lowest BCUT2D eigenvalue weighted by Crippen LogP contribution is -2.48. The van der Waals surface area contributed by atoms with Gasteiger partial charge in [0.2, 0.25) is 15.0 Å². The van der Waals surface area contributed by atoms with Gasteiger partial charge in [-0.25, -0.2) is 26.9 Å². The Hall–Kier alpha value is -2.91. The van der Waals surface area contributed by atoms with Crippen LogP contribution in [0.25, 0.3) is 11.1 Å². The molecule has 2 aromatic carbocycles. The average molecular weight is 521 g/mol. The zero-order valence-electron chi connectivity index (χ0n) is 26.2. The maximum Gasteiger partial charge on any atom is 0.257 e. The van der Waals surface area contributed by atoms with Crippen molar-refractivity contribution in [3.05, 3.63) is 87.9 Å². The third-order valence-corrected chi connectivity index (χ3v) is 8.90. The van der Waals surface area contributed by atoms with Crippen LogP contribution in [0.4, 0.5) is 8.78 Å². The highest BCUT2D eigenvalue weighted by atomic mass is 32.2. The van der Waals surface area contributed by atoms with Crippen molar-refractivity contribution in [2.75, 3.05) is 0 Å². The smallest absolute Gasteiger partial charge is 0.257 e. The summed E-state index contributed by atoms with van der Waals surface area (Å²) in [6.45, 7) is -7.02. The molecule has 9 heteroatoms. The first kappa shape index (κ1) is 17.5. The number of hydrogen-bond donors (Lipinski definition) is 1. The quantitative estimate of drug-likeness (QED) is 0.492. The van der Waals surface area contributed by atoms with Gasteiger partial charge in [-0.3, -0.25) is 9.36 Å². The van der Waals surface area contributed by atoms with E-state index in [0.29, 0.717) is 11.9 Å². The predicted molar refractivity (Wildman–Crippen MR) is 134 cm³/mol. The zero-order valence-corrected chi connectivity index (χ0v) is 20.0. The van der Waals surface area contributed by atoms with Crippen molar-refractivity contribution in [3.8, 4) is 11.1 Å². The van der Waals surface area contributed by atoms with Gasteiger partial charge >= 0.3 is 0 Å². The highest BCUT2D eigenvalue weighted by Gasteiger charge is 2.57. The Bertz CT molecular complexity index is 1700. The van der Waals surface area contributed by atoms with E-state index in [1.54, 1.807) is 42.5 Å². The number of fused-ring (bicyclic) bond motifs is 1. The van der Waals surface area contributed by atoms with Gasteiger partial charge in [0, 0.05) is 50.2 Å². The number of nitrogens with zero attached hydrogens (tertiary/aromatic N) is 2. The first-order valence-corrected chi connectivity index (χ1v) is 13.0. The Kier molecular flexibility index (Phi) is 4.48. The van der Waals surface area contributed by atoms with Crippen LogP contribution in [0.3, 0.4) is 0 Å². The summed E-state index contributed by atoms with van der Waals surface area (Å²) in [6, 6.07) is 8.63. The third-order valence-electron chi connectivity index (χ3n) is 6.91. The van der Waals surface area contributed by atoms with Crippen LogP contribution in [-0.2, 0) is 22.9 Å². The highest BCUT2D eigenvalue weighted by molar-refractivity contribution is 7.91. The van der Waals surface area contributed by atoms with Crippen LogP contribution in [0, 0.1) is 5.82 Å². The molecule has 2 atom stereocenters. The van der Waals surface area contributed by atoms with Gasteiger partial charge in [-0.1, -0.05) is 48.5 Å². The molecule has 1 N–H and O–H groups in total. The van der Waals surface area contributed by atoms with Gasteiger partial charge in [0.1, 0.15) is 5.82 Å². The lowest BCUT2D eigenvalue weighted by molar-refractivity contribution is 0.371. The fraction of sp³-hybridized carbons (Fsp3) is 0.407. The maximum absolute atomic E-state index is 16.0. The van der Waals surface area contributed by atoms with Crippen molar-refractivity contribution in [3.63, 3.8) is 0 Å². The molecule has 36 heavy (non-hydrogen) atoms. The van der Waals surface area contributed by atoms with Crippen LogP contribution < -0.4 is 10.3 Å². The van der Waals surface area contributed by atoms with Crippen molar-refractivity contribution in [2.45, 2.75) is 68.8 Å². The fourth-order valence-electron chi connectivity index (χ4n) is 4.80. The monoisotopic (exact) mass is 520 g/mol. The Labute approximate surface area is 219 Å². The molecule has 3 aromatic rings. The number of aryl methyl sites for hydroxylation is 1. The molecule has 6 nitrogen and oxygen atoms in total. The van der Waals surface area contributed by atoms with Crippen LogP contribution in [0.15, 0.2) is 59.7 Å². The van der Waals surface area contributed by atoms with E-state index in [4.69, 9.17) is 9.60 Å². The number of alkyl halides is 1. The van der Waals surface area contributed by atoms with Crippen LogP contribution in [-0.4, -0.2) is 29.0 Å². The van der Waals surface area contributed by atoms with E-state index in [0.717, 1.165) is 0 Å². The Morgan fingerprint density at radius 1 is 1.22 bits per heavy atom. The molecule has 190 valence electrons. The summed E-state index contributed by atoms with van der Waals surface area (Å²) in [4.78, 5) is 18.1. The Balaban J connectivity index is 1.68. The molecule has 1 saturated carbocycles. The SMILES string of the molecule is [2H]C([2H])([2H])C([2H])(n1cnc2c(c1=O)C(Cc1cccc(-c3ccccc3)c1F)C(NS(=O)(=O)C1(F)CC1)CC2)C([2H])([2H])[2H]. The van der Waals surface area contributed by atoms with Crippen LogP contribution in [0.1, 0.15) is 71.3 Å². The second-order valence-electron chi connectivity index (χ2n) is 9.23. The van der Waals surface area contributed by atoms with E-state index < -0.39 is 58.1 Å². The molecule has 0 saturated heterocycles. The number of hydrogen-bond acceptors (Lipinski definition) is 4. The lowest BCUT2D eigenvalue weighted by Gasteiger charge is -2.34. The molecular formula is C27H29F2N3O3S. The van der Waals surface area contributed by atoms with E-state index in [1.165, 1.54) is 6.07 Å². The molecule has 0 spiro atoms. The van der Waals surface area contributed by atoms with Gasteiger partial charge in [0.05, 0.1) is 13.4 Å². The fourth-order valence-corrected chi connectivity index (χ4v) is 6.33. The minimum Gasteiger partial charge on any atom is -0.296 e. The van der Waals surface area contributed by atoms with Crippen molar-refractivity contribution < 1.29 is 26.8 Å². The van der Waals surface area contributed by atoms with Crippen LogP contribution >= 0.6 is 0 Å². The molecule has 2 unspecified atom stereocenters. The third kappa shape index (κ3) is 4.39. The van der Waals surface area contributed by atoms with Gasteiger partial charge in [-0.2, -0.15) is 0 Å². The summed E-state index contributed by atoms with van der Waals surface area (Å²) in [5, 5.41) is -2.48. The Morgan fingerprint density at radius 3 is 2.67 bits per heavy atom. The van der Waals surface area contributed by atoms with Gasteiger partial charge < -0.3 is 0 Å². The van der Waals surface area contributed by atoms with Gasteiger partial charge in [0.25, 0.3) is 5.56 Å². The first-order chi connectivity index (χ1) is 19.9. The minimum absolute atomic E-state index is 0.00740. The summed E-state index contributed by atoms with van der Waals surface area (Å²) in [5.74, 6) is -1.85. The van der Waals surface area contributed by atoms with E-state index in [9.17, 15) is 17.6 Å². The largest absolute Gasteiger partial charge is 0.296 e. The molecule has 1 heterocycles. The molecule has 0 radical (unpaired) electrons. The normalized spacial score (nSPS) is 24.7. The van der Waals surface area contributed by atoms with Gasteiger partial charge in [-0.05, 0) is 44.1 Å². The van der Waals surface area contributed by atoms with Gasteiger partial charge in [0.15, 0.2) is 0 Å². The van der Waals surface area contributed by atoms with Crippen molar-refractivity contribution >= 4 is 10.0 Å². The summed E-state index contributed by atoms with van der Waals surface area (Å²) in [6.07, 6.45) is 0.0423. The zero-order chi connectivity index (χ0) is 31.6. The predicted octanol–water partition coefficient (Wildman–Crippen LogP) is 4.65. The number of rotatable bonds is 7. The van der Waals surface area contributed by atoms with E-state index in [-0.39, 0.29) is 59.1 Å². The first-order valence-electron chi connectivity index (χ1n) is 15.1. The van der Waals surface area contributed by atoms with Crippen molar-refractivity contribution in [2.24, 2.45) is 0 Å². The molecule has 2 aliphatic carbocycles. The molecule has 0 aliphatic heterocycles. The number of benzene rings is 2. The average Bonchev–Trinajstić information content (AvgIpc) is 3.69. The highest BCUT2D eigenvalue weighted by Crippen LogP contribution is 2.45. The van der Waals surface area contributed by atoms with Crippen LogP contribution in [0.2, 0.25) is 0 Å². The molecule has 0 bridgehead atoms. The number of aromatic nitrogens is 2. The van der Waals surface area contributed by atoms with E-state index in [2.05, 4.69) is 9.71 Å². The van der Waals surface area contributed by atoms with Crippen LogP contribution in [0.5, 0.6) is 0 Å². The van der Waals surface area contributed by atoms with E-state index in [1.807, 2.05) is 0 Å². The van der Waals surface area contributed by atoms with Crippen molar-refractivity contribution in [1.29, 1.82) is 0 Å². The molecule has 1 fully saturated rings. The summed E-state index contributed by atoms with van der Waals surface area (Å²) >= 11 is 0. The number of sulfonamides is 1. The lowest BCUT2D eigenvalue weighted by atomic mass is 9.78. The second kappa shape index (κ2) is 9.19. The van der Waals surface area contributed by atoms with E-state index >= 15 is 4.39 Å². The maximum atomic E-state index is 16.0. The second-order valence-corrected chi connectivity index (χ2v) is 11.2. The van der Waals surface area contributed by atoms with Gasteiger partial charge in [-0.15, -0.1) is 0 Å². The van der Waals surface area contributed by atoms with Crippen molar-refractivity contribution in [1.82, 2.24) is 14.3 Å². The molecular weight excluding hydrogens is 484 g/mol. The summed E-state index contributed by atoms with van der Waals surface area (Å²) in [5.41, 5.74) is -0.411. The minimum atomic E-state index is -4.53.